The summed E-state index contributed by atoms with van der Waals surface area (Å²) < 4.78 is 16.5. The minimum absolute atomic E-state index is 0.0304. The lowest BCUT2D eigenvalue weighted by Gasteiger charge is -2.24. The molecule has 1 aromatic carbocycles. The van der Waals surface area contributed by atoms with E-state index in [-0.39, 0.29) is 11.9 Å². The molecule has 0 radical (unpaired) electrons. The van der Waals surface area contributed by atoms with Gasteiger partial charge in [-0.15, -0.1) is 0 Å². The van der Waals surface area contributed by atoms with Gasteiger partial charge in [-0.05, 0) is 31.9 Å². The first-order valence-corrected chi connectivity index (χ1v) is 6.14. The predicted molar refractivity (Wildman–Crippen MR) is 67.5 cm³/mol. The molecule has 0 N–H and O–H groups in total. The lowest BCUT2D eigenvalue weighted by atomic mass is 10.1. The number of ketones is 1. The van der Waals surface area contributed by atoms with Crippen molar-refractivity contribution in [2.75, 3.05) is 20.3 Å². The van der Waals surface area contributed by atoms with Crippen molar-refractivity contribution < 1.29 is 19.0 Å². The Morgan fingerprint density at radius 1 is 1.44 bits per heavy atom. The SMILES string of the molecule is COc1c(OC2CCCOC2)cccc1C(C)=O. The molecule has 0 bridgehead atoms. The Balaban J connectivity index is 2.20. The molecule has 2 rings (SSSR count). The fraction of sp³-hybridized carbons (Fsp3) is 0.500. The Kier molecular flexibility index (Phi) is 4.20. The van der Waals surface area contributed by atoms with Crippen LogP contribution in [0.4, 0.5) is 0 Å². The first-order valence-electron chi connectivity index (χ1n) is 6.14. The van der Waals surface area contributed by atoms with Crippen molar-refractivity contribution in [3.05, 3.63) is 23.8 Å². The number of benzene rings is 1. The van der Waals surface area contributed by atoms with Crippen LogP contribution < -0.4 is 9.47 Å². The topological polar surface area (TPSA) is 44.8 Å². The largest absolute Gasteiger partial charge is 0.492 e. The minimum atomic E-state index is -0.0304. The van der Waals surface area contributed by atoms with Crippen molar-refractivity contribution in [1.29, 1.82) is 0 Å². The number of carbonyl (C=O) groups is 1. The molecule has 1 saturated heterocycles. The summed E-state index contributed by atoms with van der Waals surface area (Å²) in [4.78, 5) is 11.5. The molecule has 98 valence electrons. The molecule has 0 spiro atoms. The maximum absolute atomic E-state index is 11.5. The van der Waals surface area contributed by atoms with Crippen LogP contribution in [0.15, 0.2) is 18.2 Å². The molecule has 4 heteroatoms. The summed E-state index contributed by atoms with van der Waals surface area (Å²) in [6, 6.07) is 5.36. The molecule has 1 aliphatic heterocycles. The first kappa shape index (κ1) is 12.9. The van der Waals surface area contributed by atoms with Crippen LogP contribution in [0.2, 0.25) is 0 Å². The highest BCUT2D eigenvalue weighted by atomic mass is 16.5. The van der Waals surface area contributed by atoms with Crippen molar-refractivity contribution in [2.24, 2.45) is 0 Å². The van der Waals surface area contributed by atoms with Crippen LogP contribution in [0, 0.1) is 0 Å². The summed E-state index contributed by atoms with van der Waals surface area (Å²) in [7, 11) is 1.55. The molecule has 1 aromatic rings. The Labute approximate surface area is 107 Å². The average Bonchev–Trinajstić information content (AvgIpc) is 2.39. The van der Waals surface area contributed by atoms with Gasteiger partial charge in [-0.1, -0.05) is 6.07 Å². The zero-order chi connectivity index (χ0) is 13.0. The molecule has 4 nitrogen and oxygen atoms in total. The summed E-state index contributed by atoms with van der Waals surface area (Å²) in [6.07, 6.45) is 2.00. The van der Waals surface area contributed by atoms with Crippen LogP contribution in [0.25, 0.3) is 0 Å². The van der Waals surface area contributed by atoms with E-state index in [0.717, 1.165) is 19.4 Å². The number of ether oxygens (including phenoxy) is 3. The summed E-state index contributed by atoms with van der Waals surface area (Å²) in [5.74, 6) is 1.09. The molecule has 0 saturated carbocycles. The van der Waals surface area contributed by atoms with Crippen LogP contribution in [0.1, 0.15) is 30.1 Å². The van der Waals surface area contributed by atoms with Gasteiger partial charge < -0.3 is 14.2 Å². The maximum Gasteiger partial charge on any atom is 0.171 e. The Morgan fingerprint density at radius 3 is 2.89 bits per heavy atom. The molecule has 0 amide bonds. The summed E-state index contributed by atoms with van der Waals surface area (Å²) in [5, 5.41) is 0. The fourth-order valence-electron chi connectivity index (χ4n) is 2.08. The third-order valence-corrected chi connectivity index (χ3v) is 2.97. The monoisotopic (exact) mass is 250 g/mol. The number of carbonyl (C=O) groups excluding carboxylic acids is 1. The third kappa shape index (κ3) is 2.82. The normalized spacial score (nSPS) is 19.3. The highest BCUT2D eigenvalue weighted by Gasteiger charge is 2.19. The summed E-state index contributed by atoms with van der Waals surface area (Å²) in [6.45, 7) is 2.91. The van der Waals surface area contributed by atoms with Crippen molar-refractivity contribution >= 4 is 5.78 Å². The van der Waals surface area contributed by atoms with E-state index in [1.807, 2.05) is 6.07 Å². The lowest BCUT2D eigenvalue weighted by Crippen LogP contribution is -2.28. The second-order valence-corrected chi connectivity index (χ2v) is 4.35. The van der Waals surface area contributed by atoms with Gasteiger partial charge in [-0.3, -0.25) is 4.79 Å². The van der Waals surface area contributed by atoms with E-state index >= 15 is 0 Å². The molecule has 1 fully saturated rings. The number of Topliss-reactive ketones (excluding diaryl/α,β-unsaturated/α-hetero) is 1. The van der Waals surface area contributed by atoms with Crippen molar-refractivity contribution in [3.8, 4) is 11.5 Å². The van der Waals surface area contributed by atoms with E-state index in [1.54, 1.807) is 19.2 Å². The number of hydrogen-bond donors (Lipinski definition) is 0. The molecular weight excluding hydrogens is 232 g/mol. The molecule has 1 atom stereocenters. The van der Waals surface area contributed by atoms with Crippen molar-refractivity contribution in [1.82, 2.24) is 0 Å². The highest BCUT2D eigenvalue weighted by Crippen LogP contribution is 2.32. The van der Waals surface area contributed by atoms with Gasteiger partial charge >= 0.3 is 0 Å². The summed E-state index contributed by atoms with van der Waals surface area (Å²) >= 11 is 0. The molecule has 0 aromatic heterocycles. The molecule has 0 aliphatic carbocycles. The van der Waals surface area contributed by atoms with Crippen molar-refractivity contribution in [3.63, 3.8) is 0 Å². The zero-order valence-electron chi connectivity index (χ0n) is 10.8. The number of methoxy groups -OCH3 is 1. The van der Waals surface area contributed by atoms with E-state index in [9.17, 15) is 4.79 Å². The van der Waals surface area contributed by atoms with E-state index in [2.05, 4.69) is 0 Å². The predicted octanol–water partition coefficient (Wildman–Crippen LogP) is 2.46. The quantitative estimate of drug-likeness (QED) is 0.770. The highest BCUT2D eigenvalue weighted by molar-refractivity contribution is 5.97. The van der Waals surface area contributed by atoms with Crippen molar-refractivity contribution in [2.45, 2.75) is 25.9 Å². The maximum atomic E-state index is 11.5. The summed E-state index contributed by atoms with van der Waals surface area (Å²) in [5.41, 5.74) is 0.548. The smallest absolute Gasteiger partial charge is 0.171 e. The molecule has 1 aliphatic rings. The molecular formula is C14H18O4. The van der Waals surface area contributed by atoms with E-state index < -0.39 is 0 Å². The van der Waals surface area contributed by atoms with Gasteiger partial charge in [0.1, 0.15) is 6.10 Å². The van der Waals surface area contributed by atoms with Crippen LogP contribution in [-0.2, 0) is 4.74 Å². The lowest BCUT2D eigenvalue weighted by molar-refractivity contribution is 0.00640. The Hall–Kier alpha value is -1.55. The van der Waals surface area contributed by atoms with Gasteiger partial charge in [-0.2, -0.15) is 0 Å². The van der Waals surface area contributed by atoms with E-state index in [4.69, 9.17) is 14.2 Å². The van der Waals surface area contributed by atoms with Gasteiger partial charge in [0, 0.05) is 6.61 Å². The molecule has 1 heterocycles. The van der Waals surface area contributed by atoms with E-state index in [0.29, 0.717) is 23.7 Å². The third-order valence-electron chi connectivity index (χ3n) is 2.97. The second-order valence-electron chi connectivity index (χ2n) is 4.35. The van der Waals surface area contributed by atoms with Gasteiger partial charge in [0.25, 0.3) is 0 Å². The Bertz CT molecular complexity index is 422. The van der Waals surface area contributed by atoms with Crippen LogP contribution >= 0.6 is 0 Å². The number of hydrogen-bond acceptors (Lipinski definition) is 4. The van der Waals surface area contributed by atoms with Crippen LogP contribution in [0.3, 0.4) is 0 Å². The zero-order valence-corrected chi connectivity index (χ0v) is 10.8. The minimum Gasteiger partial charge on any atom is -0.492 e. The fourth-order valence-corrected chi connectivity index (χ4v) is 2.08. The standard InChI is InChI=1S/C14H18O4/c1-10(15)12-6-3-7-13(14(12)16-2)18-11-5-4-8-17-9-11/h3,6-7,11H,4-5,8-9H2,1-2H3. The Morgan fingerprint density at radius 2 is 2.28 bits per heavy atom. The number of para-hydroxylation sites is 1. The van der Waals surface area contributed by atoms with Gasteiger partial charge in [0.15, 0.2) is 17.3 Å². The van der Waals surface area contributed by atoms with Crippen LogP contribution in [-0.4, -0.2) is 32.2 Å². The van der Waals surface area contributed by atoms with Gasteiger partial charge in [0.2, 0.25) is 0 Å². The van der Waals surface area contributed by atoms with Crippen LogP contribution in [0.5, 0.6) is 11.5 Å². The first-order chi connectivity index (χ1) is 8.72. The van der Waals surface area contributed by atoms with Gasteiger partial charge in [-0.25, -0.2) is 0 Å². The molecule has 18 heavy (non-hydrogen) atoms. The molecule has 1 unspecified atom stereocenters. The average molecular weight is 250 g/mol. The van der Waals surface area contributed by atoms with Gasteiger partial charge in [0.05, 0.1) is 19.3 Å². The number of rotatable bonds is 4. The van der Waals surface area contributed by atoms with E-state index in [1.165, 1.54) is 6.92 Å². The second kappa shape index (κ2) is 5.87.